The molecule has 1 fully saturated rings. The highest BCUT2D eigenvalue weighted by atomic mass is 32.1. The molecule has 2 unspecified atom stereocenters. The lowest BCUT2D eigenvalue weighted by Crippen LogP contribution is -2.57. The van der Waals surface area contributed by atoms with Gasteiger partial charge in [-0.3, -0.25) is 14.5 Å². The Balaban J connectivity index is 1.27. The van der Waals surface area contributed by atoms with Crippen molar-refractivity contribution in [3.05, 3.63) is 92.9 Å². The molecule has 7 heteroatoms. The number of benzene rings is 2. The minimum atomic E-state index is -0.264. The molecule has 0 N–H and O–H groups in total. The molecule has 2 aliphatic rings. The largest absolute Gasteiger partial charge is 0.338 e. The van der Waals surface area contributed by atoms with Crippen LogP contribution in [-0.2, 0) is 17.6 Å². The second-order valence-electron chi connectivity index (χ2n) is 9.71. The van der Waals surface area contributed by atoms with Gasteiger partial charge in [0.25, 0.3) is 5.91 Å². The van der Waals surface area contributed by atoms with Crippen LogP contribution in [0.25, 0.3) is 0 Å². The zero-order chi connectivity index (χ0) is 25.2. The Kier molecular flexibility index (Phi) is 7.21. The maximum Gasteiger partial charge on any atom is 0.254 e. The maximum absolute atomic E-state index is 14.1. The fourth-order valence-corrected chi connectivity index (χ4v) is 6.32. The van der Waals surface area contributed by atoms with E-state index in [1.165, 1.54) is 22.1 Å². The van der Waals surface area contributed by atoms with Gasteiger partial charge in [-0.1, -0.05) is 31.2 Å². The van der Waals surface area contributed by atoms with Crippen molar-refractivity contribution >= 4 is 23.2 Å². The maximum atomic E-state index is 14.1. The molecule has 3 aromatic rings. The van der Waals surface area contributed by atoms with E-state index in [1.807, 2.05) is 47.1 Å². The molecule has 5 nitrogen and oxygen atoms in total. The first-order valence-electron chi connectivity index (χ1n) is 12.7. The SMILES string of the molecule is CCc1ccc(C(=O)N2CCN(C(=O)CN3CCc4sccc4C3c3cccc(F)c3)CC2C)cc1. The van der Waals surface area contributed by atoms with Gasteiger partial charge in [0.05, 0.1) is 12.6 Å². The Morgan fingerprint density at radius 1 is 1.06 bits per heavy atom. The van der Waals surface area contributed by atoms with E-state index in [4.69, 9.17) is 0 Å². The molecule has 0 bridgehead atoms. The monoisotopic (exact) mass is 505 g/mol. The summed E-state index contributed by atoms with van der Waals surface area (Å²) in [4.78, 5) is 33.8. The van der Waals surface area contributed by atoms with Crippen LogP contribution in [0.2, 0.25) is 0 Å². The lowest BCUT2D eigenvalue weighted by Gasteiger charge is -2.42. The zero-order valence-corrected chi connectivity index (χ0v) is 21.6. The van der Waals surface area contributed by atoms with E-state index in [-0.39, 0.29) is 36.3 Å². The predicted molar refractivity (Wildman–Crippen MR) is 141 cm³/mol. The Bertz CT molecular complexity index is 1240. The van der Waals surface area contributed by atoms with E-state index < -0.39 is 0 Å². The van der Waals surface area contributed by atoms with Gasteiger partial charge in [-0.05, 0) is 72.2 Å². The second-order valence-corrected chi connectivity index (χ2v) is 10.7. The first kappa shape index (κ1) is 24.7. The Hall–Kier alpha value is -3.03. The molecule has 2 aromatic carbocycles. The number of fused-ring (bicyclic) bond motifs is 1. The van der Waals surface area contributed by atoms with E-state index in [0.717, 1.165) is 24.9 Å². The van der Waals surface area contributed by atoms with Gasteiger partial charge in [0, 0.05) is 42.7 Å². The topological polar surface area (TPSA) is 43.9 Å². The Morgan fingerprint density at radius 3 is 2.58 bits per heavy atom. The number of halogens is 1. The molecular formula is C29H32FN3O2S. The van der Waals surface area contributed by atoms with Crippen molar-refractivity contribution in [1.29, 1.82) is 0 Å². The summed E-state index contributed by atoms with van der Waals surface area (Å²) in [5.41, 5.74) is 3.94. The number of carbonyl (C=O) groups excluding carboxylic acids is 2. The summed E-state index contributed by atoms with van der Waals surface area (Å²) in [6.45, 7) is 6.68. The van der Waals surface area contributed by atoms with Gasteiger partial charge in [-0.25, -0.2) is 4.39 Å². The molecule has 2 atom stereocenters. The molecule has 188 valence electrons. The molecule has 1 aromatic heterocycles. The van der Waals surface area contributed by atoms with Gasteiger partial charge in [0.2, 0.25) is 5.91 Å². The molecule has 0 radical (unpaired) electrons. The number of piperazine rings is 1. The lowest BCUT2D eigenvalue weighted by atomic mass is 9.93. The standard InChI is InChI=1S/C29H32FN3O2S/c1-3-21-7-9-22(10-8-21)29(35)33-15-14-31(18-20(33)2)27(34)19-32-13-11-26-25(12-16-36-26)28(32)23-5-4-6-24(30)17-23/h4-10,12,16-17,20,28H,3,11,13-15,18-19H2,1-2H3. The summed E-state index contributed by atoms with van der Waals surface area (Å²) in [6, 6.07) is 16.4. The van der Waals surface area contributed by atoms with Crippen LogP contribution in [0.4, 0.5) is 4.39 Å². The highest BCUT2D eigenvalue weighted by Gasteiger charge is 2.34. The van der Waals surface area contributed by atoms with Crippen molar-refractivity contribution in [2.75, 3.05) is 32.7 Å². The first-order valence-corrected chi connectivity index (χ1v) is 13.6. The highest BCUT2D eigenvalue weighted by molar-refractivity contribution is 7.10. The molecule has 36 heavy (non-hydrogen) atoms. The van der Waals surface area contributed by atoms with Crippen LogP contribution in [-0.4, -0.2) is 65.3 Å². The Labute approximate surface area is 216 Å². The normalized spacial score (nSPS) is 20.3. The number of thiophene rings is 1. The van der Waals surface area contributed by atoms with Crippen LogP contribution >= 0.6 is 11.3 Å². The molecule has 3 heterocycles. The molecule has 0 aliphatic carbocycles. The molecule has 0 saturated carbocycles. The molecule has 2 aliphatic heterocycles. The minimum absolute atomic E-state index is 0.0180. The third kappa shape index (κ3) is 4.95. The van der Waals surface area contributed by atoms with E-state index in [9.17, 15) is 14.0 Å². The molecular weight excluding hydrogens is 473 g/mol. The van der Waals surface area contributed by atoms with Crippen molar-refractivity contribution < 1.29 is 14.0 Å². The lowest BCUT2D eigenvalue weighted by molar-refractivity contribution is -0.135. The smallest absolute Gasteiger partial charge is 0.254 e. The Morgan fingerprint density at radius 2 is 1.86 bits per heavy atom. The molecule has 1 saturated heterocycles. The van der Waals surface area contributed by atoms with E-state index in [2.05, 4.69) is 23.3 Å². The van der Waals surface area contributed by atoms with Gasteiger partial charge in [0.1, 0.15) is 5.82 Å². The fraction of sp³-hybridized carbons (Fsp3) is 0.379. The molecule has 0 spiro atoms. The number of hydrogen-bond donors (Lipinski definition) is 0. The fourth-order valence-electron chi connectivity index (χ4n) is 5.41. The van der Waals surface area contributed by atoms with Crippen LogP contribution < -0.4 is 0 Å². The van der Waals surface area contributed by atoms with Crippen molar-refractivity contribution in [1.82, 2.24) is 14.7 Å². The summed E-state index contributed by atoms with van der Waals surface area (Å²) >= 11 is 1.73. The quantitative estimate of drug-likeness (QED) is 0.502. The second kappa shape index (κ2) is 10.5. The molecule has 5 rings (SSSR count). The van der Waals surface area contributed by atoms with Gasteiger partial charge >= 0.3 is 0 Å². The van der Waals surface area contributed by atoms with Gasteiger partial charge < -0.3 is 9.80 Å². The van der Waals surface area contributed by atoms with Crippen molar-refractivity contribution in [2.45, 2.75) is 38.8 Å². The third-order valence-corrected chi connectivity index (χ3v) is 8.42. The van der Waals surface area contributed by atoms with Crippen LogP contribution in [0.1, 0.15) is 51.8 Å². The van der Waals surface area contributed by atoms with Gasteiger partial charge in [-0.15, -0.1) is 11.3 Å². The van der Waals surface area contributed by atoms with Crippen LogP contribution in [0.15, 0.2) is 60.0 Å². The minimum Gasteiger partial charge on any atom is -0.338 e. The van der Waals surface area contributed by atoms with Crippen LogP contribution in [0.5, 0.6) is 0 Å². The summed E-state index contributed by atoms with van der Waals surface area (Å²) in [7, 11) is 0. The van der Waals surface area contributed by atoms with Crippen LogP contribution in [0.3, 0.4) is 0 Å². The predicted octanol–water partition coefficient (Wildman–Crippen LogP) is 4.77. The van der Waals surface area contributed by atoms with Gasteiger partial charge in [-0.2, -0.15) is 0 Å². The van der Waals surface area contributed by atoms with Crippen LogP contribution in [0, 0.1) is 5.82 Å². The number of aryl methyl sites for hydroxylation is 1. The van der Waals surface area contributed by atoms with Gasteiger partial charge in [0.15, 0.2) is 0 Å². The number of carbonyl (C=O) groups is 2. The summed E-state index contributed by atoms with van der Waals surface area (Å²) in [5.74, 6) is -0.189. The average Bonchev–Trinajstić information content (AvgIpc) is 3.37. The molecule has 2 amide bonds. The zero-order valence-electron chi connectivity index (χ0n) is 20.8. The van der Waals surface area contributed by atoms with Crippen molar-refractivity contribution in [3.63, 3.8) is 0 Å². The average molecular weight is 506 g/mol. The number of amides is 2. The summed E-state index contributed by atoms with van der Waals surface area (Å²) < 4.78 is 14.1. The van der Waals surface area contributed by atoms with E-state index >= 15 is 0 Å². The number of rotatable bonds is 5. The highest BCUT2D eigenvalue weighted by Crippen LogP contribution is 2.37. The third-order valence-electron chi connectivity index (χ3n) is 7.42. The number of hydrogen-bond acceptors (Lipinski definition) is 4. The van der Waals surface area contributed by atoms with E-state index in [0.29, 0.717) is 25.2 Å². The van der Waals surface area contributed by atoms with E-state index in [1.54, 1.807) is 23.5 Å². The van der Waals surface area contributed by atoms with Crippen molar-refractivity contribution in [3.8, 4) is 0 Å². The summed E-state index contributed by atoms with van der Waals surface area (Å²) in [5, 5.41) is 2.08. The number of nitrogens with zero attached hydrogens (tertiary/aromatic N) is 3. The first-order chi connectivity index (χ1) is 17.4. The van der Waals surface area contributed by atoms with Crippen molar-refractivity contribution in [2.24, 2.45) is 0 Å². The summed E-state index contributed by atoms with van der Waals surface area (Å²) in [6.07, 6.45) is 1.83.